The Kier molecular flexibility index (Phi) is 4.39. The molecule has 1 aromatic heterocycles. The molecular weight excluding hydrogens is 264 g/mol. The van der Waals surface area contributed by atoms with Crippen molar-refractivity contribution in [3.63, 3.8) is 0 Å². The van der Waals surface area contributed by atoms with E-state index in [2.05, 4.69) is 52.0 Å². The Morgan fingerprint density at radius 3 is 2.20 bits per heavy atom. The molecule has 0 atom stereocenters. The third-order valence-electron chi connectivity index (χ3n) is 3.44. The summed E-state index contributed by atoms with van der Waals surface area (Å²) in [5, 5.41) is 4.72. The number of rotatable bonds is 4. The Hall–Kier alpha value is -1.48. The zero-order valence-electron chi connectivity index (χ0n) is 12.8. The summed E-state index contributed by atoms with van der Waals surface area (Å²) in [5.41, 5.74) is 4.56. The molecule has 0 saturated heterocycles. The molecule has 0 amide bonds. The zero-order chi connectivity index (χ0) is 14.9. The number of nitrogens with zero attached hydrogens (tertiary/aromatic N) is 2. The second-order valence-corrected chi connectivity index (χ2v) is 6.21. The first-order valence-electron chi connectivity index (χ1n) is 7.10. The van der Waals surface area contributed by atoms with Gasteiger partial charge in [-0.2, -0.15) is 5.10 Å². The van der Waals surface area contributed by atoms with Crippen molar-refractivity contribution in [2.75, 3.05) is 0 Å². The van der Waals surface area contributed by atoms with E-state index in [-0.39, 0.29) is 0 Å². The number of hydrogen-bond donors (Lipinski definition) is 0. The smallest absolute Gasteiger partial charge is 0.0765 e. The van der Waals surface area contributed by atoms with Crippen molar-refractivity contribution < 1.29 is 0 Å². The monoisotopic (exact) mass is 286 g/mol. The van der Waals surface area contributed by atoms with Crippen molar-refractivity contribution in [2.24, 2.45) is 13.0 Å². The highest BCUT2D eigenvalue weighted by molar-refractivity contribution is 7.80. The lowest BCUT2D eigenvalue weighted by Crippen LogP contribution is -2.10. The van der Waals surface area contributed by atoms with Crippen LogP contribution in [0.2, 0.25) is 0 Å². The highest BCUT2D eigenvalue weighted by Gasteiger charge is 2.23. The molecule has 0 spiro atoms. The molecule has 106 valence electrons. The molecule has 0 fully saturated rings. The molecule has 3 heteroatoms. The van der Waals surface area contributed by atoms with Crippen LogP contribution < -0.4 is 0 Å². The summed E-state index contributed by atoms with van der Waals surface area (Å²) in [5.74, 6) is 0.708. The van der Waals surface area contributed by atoms with Gasteiger partial charge < -0.3 is 0 Å². The van der Waals surface area contributed by atoms with Crippen molar-refractivity contribution in [3.05, 3.63) is 41.6 Å². The first-order valence-corrected chi connectivity index (χ1v) is 7.50. The van der Waals surface area contributed by atoms with Gasteiger partial charge in [0.05, 0.1) is 11.4 Å². The normalized spacial score (nSPS) is 11.3. The van der Waals surface area contributed by atoms with E-state index in [1.807, 2.05) is 17.8 Å². The van der Waals surface area contributed by atoms with Gasteiger partial charge in [-0.05, 0) is 11.8 Å². The second kappa shape index (κ2) is 5.88. The van der Waals surface area contributed by atoms with Crippen LogP contribution >= 0.6 is 12.2 Å². The van der Waals surface area contributed by atoms with E-state index in [1.165, 1.54) is 5.56 Å². The molecule has 2 nitrogen and oxygen atoms in total. The molecule has 1 aromatic carbocycles. The summed E-state index contributed by atoms with van der Waals surface area (Å²) in [4.78, 5) is 1.00. The molecule has 0 aliphatic carbocycles. The quantitative estimate of drug-likeness (QED) is 0.604. The Bertz CT molecular complexity index is 609. The van der Waals surface area contributed by atoms with Gasteiger partial charge in [-0.3, -0.25) is 4.68 Å². The van der Waals surface area contributed by atoms with Gasteiger partial charge in [-0.15, -0.1) is 0 Å². The number of thiocarbonyl (C=S) groups is 1. The molecule has 20 heavy (non-hydrogen) atoms. The van der Waals surface area contributed by atoms with E-state index in [0.29, 0.717) is 11.8 Å². The van der Waals surface area contributed by atoms with Gasteiger partial charge in [0.2, 0.25) is 0 Å². The first-order chi connectivity index (χ1) is 9.43. The Morgan fingerprint density at radius 2 is 1.70 bits per heavy atom. The van der Waals surface area contributed by atoms with Crippen LogP contribution in [0.1, 0.15) is 44.9 Å². The van der Waals surface area contributed by atoms with Crippen LogP contribution in [0.25, 0.3) is 11.3 Å². The fraction of sp³-hybridized carbons (Fsp3) is 0.412. The predicted octanol–water partition coefficient (Wildman–Crippen LogP) is 4.58. The van der Waals surface area contributed by atoms with Gasteiger partial charge in [0.25, 0.3) is 0 Å². The Balaban J connectivity index is 2.71. The summed E-state index contributed by atoms with van der Waals surface area (Å²) < 4.78 is 1.97. The molecule has 2 rings (SSSR count). The van der Waals surface area contributed by atoms with Crippen LogP contribution in [-0.2, 0) is 7.05 Å². The molecule has 0 radical (unpaired) electrons. The van der Waals surface area contributed by atoms with E-state index >= 15 is 0 Å². The van der Waals surface area contributed by atoms with Gasteiger partial charge in [0, 0.05) is 23.0 Å². The van der Waals surface area contributed by atoms with Crippen molar-refractivity contribution in [2.45, 2.75) is 33.6 Å². The summed E-state index contributed by atoms with van der Waals surface area (Å²) >= 11 is 5.70. The number of hydrogen-bond acceptors (Lipinski definition) is 2. The van der Waals surface area contributed by atoms with Crippen LogP contribution in [-0.4, -0.2) is 14.6 Å². The minimum absolute atomic E-state index is 0.342. The summed E-state index contributed by atoms with van der Waals surface area (Å²) in [7, 11) is 2.00. The third kappa shape index (κ3) is 2.68. The first kappa shape index (κ1) is 14.9. The molecule has 0 bridgehead atoms. The average Bonchev–Trinajstić information content (AvgIpc) is 2.76. The summed E-state index contributed by atoms with van der Waals surface area (Å²) in [6.45, 7) is 8.63. The van der Waals surface area contributed by atoms with Gasteiger partial charge in [0.1, 0.15) is 0 Å². The number of aromatic nitrogens is 2. The predicted molar refractivity (Wildman–Crippen MR) is 89.3 cm³/mol. The highest BCUT2D eigenvalue weighted by atomic mass is 32.1. The van der Waals surface area contributed by atoms with E-state index < -0.39 is 0 Å². The maximum absolute atomic E-state index is 5.70. The third-order valence-corrected chi connectivity index (χ3v) is 4.11. The van der Waals surface area contributed by atoms with E-state index in [1.54, 1.807) is 0 Å². The molecule has 0 saturated carbocycles. The van der Waals surface area contributed by atoms with Gasteiger partial charge >= 0.3 is 0 Å². The van der Waals surface area contributed by atoms with Crippen LogP contribution in [0.5, 0.6) is 0 Å². The van der Waals surface area contributed by atoms with Crippen molar-refractivity contribution in [3.8, 4) is 11.3 Å². The van der Waals surface area contributed by atoms with Crippen molar-refractivity contribution in [1.29, 1.82) is 0 Å². The minimum atomic E-state index is 0.342. The fourth-order valence-corrected chi connectivity index (χ4v) is 2.61. The SMILES string of the molecule is CC(C)C(=S)c1c(C(C)C)nn(C)c1-c1ccccc1. The highest BCUT2D eigenvalue weighted by Crippen LogP contribution is 2.31. The molecule has 0 N–H and O–H groups in total. The summed E-state index contributed by atoms with van der Waals surface area (Å²) in [6.07, 6.45) is 0. The lowest BCUT2D eigenvalue weighted by Gasteiger charge is -2.13. The molecule has 1 heterocycles. The van der Waals surface area contributed by atoms with Crippen LogP contribution in [0.4, 0.5) is 0 Å². The Morgan fingerprint density at radius 1 is 1.10 bits per heavy atom. The zero-order valence-corrected chi connectivity index (χ0v) is 13.7. The lowest BCUT2D eigenvalue weighted by molar-refractivity contribution is 0.717. The fourth-order valence-electron chi connectivity index (χ4n) is 2.41. The van der Waals surface area contributed by atoms with E-state index in [4.69, 9.17) is 17.3 Å². The summed E-state index contributed by atoms with van der Waals surface area (Å²) in [6, 6.07) is 10.4. The van der Waals surface area contributed by atoms with E-state index in [0.717, 1.165) is 21.8 Å². The molecular formula is C17H22N2S. The molecule has 0 aliphatic rings. The molecule has 0 unspecified atom stereocenters. The van der Waals surface area contributed by atoms with E-state index in [9.17, 15) is 0 Å². The topological polar surface area (TPSA) is 17.8 Å². The Labute approximate surface area is 126 Å². The molecule has 2 aromatic rings. The maximum Gasteiger partial charge on any atom is 0.0765 e. The van der Waals surface area contributed by atoms with Gasteiger partial charge in [-0.25, -0.2) is 0 Å². The molecule has 0 aliphatic heterocycles. The van der Waals surface area contributed by atoms with Gasteiger partial charge in [-0.1, -0.05) is 70.2 Å². The maximum atomic E-state index is 5.70. The minimum Gasteiger partial charge on any atom is -0.267 e. The second-order valence-electron chi connectivity index (χ2n) is 5.77. The van der Waals surface area contributed by atoms with Crippen molar-refractivity contribution in [1.82, 2.24) is 9.78 Å². The lowest BCUT2D eigenvalue weighted by atomic mass is 9.93. The largest absolute Gasteiger partial charge is 0.267 e. The standard InChI is InChI=1S/C17H22N2S/c1-11(2)15-14(17(20)12(3)4)16(19(5)18-15)13-9-7-6-8-10-13/h6-12H,1-5H3. The van der Waals surface area contributed by atoms with Crippen LogP contribution in [0.15, 0.2) is 30.3 Å². The number of benzene rings is 1. The van der Waals surface area contributed by atoms with Gasteiger partial charge in [0.15, 0.2) is 0 Å². The van der Waals surface area contributed by atoms with Crippen LogP contribution in [0, 0.1) is 5.92 Å². The number of aryl methyl sites for hydroxylation is 1. The van der Waals surface area contributed by atoms with Crippen LogP contribution in [0.3, 0.4) is 0 Å². The average molecular weight is 286 g/mol. The van der Waals surface area contributed by atoms with Crippen molar-refractivity contribution >= 4 is 17.1 Å².